The second-order valence-corrected chi connectivity index (χ2v) is 4.37. The van der Waals surface area contributed by atoms with Crippen molar-refractivity contribution in [1.29, 1.82) is 0 Å². The van der Waals surface area contributed by atoms with E-state index in [0.717, 1.165) is 16.5 Å². The largest absolute Gasteiger partial charge is 0.481 e. The van der Waals surface area contributed by atoms with Gasteiger partial charge in [0.05, 0.1) is 11.9 Å². The van der Waals surface area contributed by atoms with Gasteiger partial charge >= 0.3 is 5.97 Å². The molecule has 0 fully saturated rings. The van der Waals surface area contributed by atoms with E-state index in [1.807, 2.05) is 37.3 Å². The van der Waals surface area contributed by atoms with Gasteiger partial charge < -0.3 is 10.4 Å². The minimum absolute atomic E-state index is 0.0542. The van der Waals surface area contributed by atoms with E-state index in [2.05, 4.69) is 10.3 Å². The summed E-state index contributed by atoms with van der Waals surface area (Å²) in [6.07, 6.45) is 1.89. The third-order valence-electron chi connectivity index (χ3n) is 2.84. The maximum absolute atomic E-state index is 10.6. The highest BCUT2D eigenvalue weighted by molar-refractivity contribution is 5.81. The topological polar surface area (TPSA) is 62.2 Å². The quantitative estimate of drug-likeness (QED) is 0.846. The monoisotopic (exact) mass is 244 g/mol. The predicted octanol–water partition coefficient (Wildman–Crippen LogP) is 2.19. The van der Waals surface area contributed by atoms with Crippen LogP contribution in [0.1, 0.15) is 18.9 Å². The molecular weight excluding hydrogens is 228 g/mol. The number of para-hydroxylation sites is 1. The Hall–Kier alpha value is -1.94. The number of nitrogens with one attached hydrogen (secondary N) is 1. The molecule has 1 aromatic heterocycles. The lowest BCUT2D eigenvalue weighted by molar-refractivity contribution is -0.137. The standard InChI is InChI=1S/C14H16N2O2/c1-10(8-13(17)18)16-9-12-5-2-4-11-6-3-7-15-14(11)12/h2-7,10,16H,8-9H2,1H3,(H,17,18). The van der Waals surface area contributed by atoms with Crippen molar-refractivity contribution >= 4 is 16.9 Å². The normalized spacial score (nSPS) is 12.5. The Labute approximate surface area is 106 Å². The van der Waals surface area contributed by atoms with E-state index in [0.29, 0.717) is 6.54 Å². The lowest BCUT2D eigenvalue weighted by Gasteiger charge is -2.12. The fraction of sp³-hybridized carbons (Fsp3) is 0.286. The highest BCUT2D eigenvalue weighted by Crippen LogP contribution is 2.15. The van der Waals surface area contributed by atoms with Crippen molar-refractivity contribution in [3.63, 3.8) is 0 Å². The van der Waals surface area contributed by atoms with Gasteiger partial charge in [-0.05, 0) is 18.6 Å². The van der Waals surface area contributed by atoms with Gasteiger partial charge in [-0.25, -0.2) is 0 Å². The van der Waals surface area contributed by atoms with E-state index in [4.69, 9.17) is 5.11 Å². The third kappa shape index (κ3) is 3.05. The van der Waals surface area contributed by atoms with Crippen LogP contribution in [0.15, 0.2) is 36.5 Å². The van der Waals surface area contributed by atoms with Crippen molar-refractivity contribution in [2.24, 2.45) is 0 Å². The number of nitrogens with zero attached hydrogens (tertiary/aromatic N) is 1. The molecule has 1 heterocycles. The average Bonchev–Trinajstić information content (AvgIpc) is 2.35. The minimum atomic E-state index is -0.786. The molecule has 0 bridgehead atoms. The summed E-state index contributed by atoms with van der Waals surface area (Å²) in [5.41, 5.74) is 2.06. The molecule has 1 aromatic carbocycles. The molecule has 4 heteroatoms. The zero-order valence-electron chi connectivity index (χ0n) is 10.3. The number of hydrogen-bond donors (Lipinski definition) is 2. The number of pyridine rings is 1. The molecule has 18 heavy (non-hydrogen) atoms. The maximum Gasteiger partial charge on any atom is 0.304 e. The Balaban J connectivity index is 2.10. The van der Waals surface area contributed by atoms with E-state index < -0.39 is 5.97 Å². The molecule has 0 saturated carbocycles. The van der Waals surface area contributed by atoms with Gasteiger partial charge in [0.15, 0.2) is 0 Å². The van der Waals surface area contributed by atoms with Crippen LogP contribution < -0.4 is 5.32 Å². The van der Waals surface area contributed by atoms with E-state index in [9.17, 15) is 4.79 Å². The Bertz CT molecular complexity index is 549. The Morgan fingerprint density at radius 2 is 2.17 bits per heavy atom. The molecule has 0 aliphatic rings. The predicted molar refractivity (Wildman–Crippen MR) is 70.3 cm³/mol. The summed E-state index contributed by atoms with van der Waals surface area (Å²) in [5.74, 6) is -0.786. The molecule has 4 nitrogen and oxygen atoms in total. The first-order valence-corrected chi connectivity index (χ1v) is 5.94. The molecule has 0 aliphatic heterocycles. The van der Waals surface area contributed by atoms with Crippen molar-refractivity contribution in [3.05, 3.63) is 42.1 Å². The summed E-state index contributed by atoms with van der Waals surface area (Å²) >= 11 is 0. The van der Waals surface area contributed by atoms with Crippen molar-refractivity contribution in [1.82, 2.24) is 10.3 Å². The summed E-state index contributed by atoms with van der Waals surface area (Å²) in [6.45, 7) is 2.50. The summed E-state index contributed by atoms with van der Waals surface area (Å²) in [5, 5.41) is 13.0. The zero-order chi connectivity index (χ0) is 13.0. The van der Waals surface area contributed by atoms with Crippen LogP contribution in [-0.4, -0.2) is 22.1 Å². The molecule has 0 aliphatic carbocycles. The van der Waals surface area contributed by atoms with Gasteiger partial charge in [-0.2, -0.15) is 0 Å². The van der Waals surface area contributed by atoms with Gasteiger partial charge in [-0.1, -0.05) is 24.3 Å². The van der Waals surface area contributed by atoms with E-state index >= 15 is 0 Å². The highest BCUT2D eigenvalue weighted by atomic mass is 16.4. The first-order valence-electron chi connectivity index (χ1n) is 5.94. The van der Waals surface area contributed by atoms with Crippen LogP contribution in [0, 0.1) is 0 Å². The summed E-state index contributed by atoms with van der Waals surface area (Å²) in [6, 6.07) is 9.89. The van der Waals surface area contributed by atoms with Crippen molar-refractivity contribution < 1.29 is 9.90 Å². The molecule has 2 N–H and O–H groups in total. The summed E-state index contributed by atoms with van der Waals surface area (Å²) in [7, 11) is 0. The minimum Gasteiger partial charge on any atom is -0.481 e. The molecule has 1 unspecified atom stereocenters. The van der Waals surface area contributed by atoms with Crippen LogP contribution in [0.25, 0.3) is 10.9 Å². The second kappa shape index (κ2) is 5.60. The van der Waals surface area contributed by atoms with Gasteiger partial charge in [0.25, 0.3) is 0 Å². The van der Waals surface area contributed by atoms with Crippen LogP contribution in [0.5, 0.6) is 0 Å². The van der Waals surface area contributed by atoms with Crippen LogP contribution in [-0.2, 0) is 11.3 Å². The molecule has 0 spiro atoms. The van der Waals surface area contributed by atoms with Crippen molar-refractivity contribution in [2.75, 3.05) is 0 Å². The highest BCUT2D eigenvalue weighted by Gasteiger charge is 2.08. The van der Waals surface area contributed by atoms with Gasteiger partial charge in [-0.3, -0.25) is 9.78 Å². The Kier molecular flexibility index (Phi) is 3.89. The van der Waals surface area contributed by atoms with Crippen LogP contribution in [0.3, 0.4) is 0 Å². The number of carboxylic acids is 1. The van der Waals surface area contributed by atoms with Crippen LogP contribution in [0.2, 0.25) is 0 Å². The number of benzene rings is 1. The number of aliphatic carboxylic acids is 1. The molecule has 0 amide bonds. The van der Waals surface area contributed by atoms with Crippen molar-refractivity contribution in [3.8, 4) is 0 Å². The molecule has 2 rings (SSSR count). The van der Waals surface area contributed by atoms with Gasteiger partial charge in [-0.15, -0.1) is 0 Å². The lowest BCUT2D eigenvalue weighted by Crippen LogP contribution is -2.28. The SMILES string of the molecule is CC(CC(=O)O)NCc1cccc2cccnc12. The molecule has 94 valence electrons. The lowest BCUT2D eigenvalue weighted by atomic mass is 10.1. The Morgan fingerprint density at radius 3 is 2.94 bits per heavy atom. The van der Waals surface area contributed by atoms with Crippen LogP contribution in [0.4, 0.5) is 0 Å². The van der Waals surface area contributed by atoms with E-state index in [-0.39, 0.29) is 12.5 Å². The smallest absolute Gasteiger partial charge is 0.304 e. The molecule has 0 radical (unpaired) electrons. The van der Waals surface area contributed by atoms with Crippen molar-refractivity contribution in [2.45, 2.75) is 25.9 Å². The third-order valence-corrected chi connectivity index (χ3v) is 2.84. The van der Waals surface area contributed by atoms with E-state index in [1.165, 1.54) is 0 Å². The molecule has 2 aromatic rings. The van der Waals surface area contributed by atoms with Gasteiger partial charge in [0, 0.05) is 24.2 Å². The maximum atomic E-state index is 10.6. The molecular formula is C14H16N2O2. The van der Waals surface area contributed by atoms with Crippen LogP contribution >= 0.6 is 0 Å². The number of fused-ring (bicyclic) bond motifs is 1. The average molecular weight is 244 g/mol. The molecule has 1 atom stereocenters. The zero-order valence-corrected chi connectivity index (χ0v) is 10.3. The number of rotatable bonds is 5. The number of carbonyl (C=O) groups is 1. The fourth-order valence-corrected chi connectivity index (χ4v) is 1.93. The summed E-state index contributed by atoms with van der Waals surface area (Å²) in [4.78, 5) is 14.9. The number of hydrogen-bond acceptors (Lipinski definition) is 3. The first-order chi connectivity index (χ1) is 8.66. The second-order valence-electron chi connectivity index (χ2n) is 4.37. The summed E-state index contributed by atoms with van der Waals surface area (Å²) < 4.78 is 0. The van der Waals surface area contributed by atoms with E-state index in [1.54, 1.807) is 6.20 Å². The fourth-order valence-electron chi connectivity index (χ4n) is 1.93. The first kappa shape index (κ1) is 12.5. The van der Waals surface area contributed by atoms with Gasteiger partial charge in [0.2, 0.25) is 0 Å². The van der Waals surface area contributed by atoms with Gasteiger partial charge in [0.1, 0.15) is 0 Å². The Morgan fingerprint density at radius 1 is 1.39 bits per heavy atom. The molecule has 0 saturated heterocycles. The number of carboxylic acid groups (broad SMARTS) is 1. The number of aromatic nitrogens is 1.